The van der Waals surface area contributed by atoms with Crippen molar-refractivity contribution in [1.29, 1.82) is 0 Å². The molecule has 18 heavy (non-hydrogen) atoms. The van der Waals surface area contributed by atoms with Crippen molar-refractivity contribution in [2.45, 2.75) is 13.5 Å². The molecule has 0 saturated carbocycles. The molecule has 1 heterocycles. The predicted molar refractivity (Wildman–Crippen MR) is 68.7 cm³/mol. The molecule has 5 nitrogen and oxygen atoms in total. The first-order valence-electron chi connectivity index (χ1n) is 5.62. The van der Waals surface area contributed by atoms with E-state index < -0.39 is 5.97 Å². The van der Waals surface area contributed by atoms with E-state index in [2.05, 4.69) is 10.4 Å². The average molecular weight is 245 g/mol. The van der Waals surface area contributed by atoms with Gasteiger partial charge in [0, 0.05) is 18.9 Å². The third-order valence-electron chi connectivity index (χ3n) is 2.85. The Labute approximate surface area is 105 Å². The number of hydrogen-bond donors (Lipinski definition) is 2. The zero-order chi connectivity index (χ0) is 13.1. The number of nitrogens with one attached hydrogen (secondary N) is 1. The fourth-order valence-electron chi connectivity index (χ4n) is 1.78. The summed E-state index contributed by atoms with van der Waals surface area (Å²) in [6, 6.07) is 7.15. The van der Waals surface area contributed by atoms with Crippen LogP contribution in [-0.2, 0) is 13.6 Å². The maximum Gasteiger partial charge on any atom is 0.335 e. The first kappa shape index (κ1) is 12.2. The van der Waals surface area contributed by atoms with Crippen LogP contribution in [-0.4, -0.2) is 20.9 Å². The van der Waals surface area contributed by atoms with Crippen LogP contribution >= 0.6 is 0 Å². The van der Waals surface area contributed by atoms with Gasteiger partial charge in [-0.25, -0.2) is 4.79 Å². The normalized spacial score (nSPS) is 10.3. The van der Waals surface area contributed by atoms with E-state index in [-0.39, 0.29) is 0 Å². The van der Waals surface area contributed by atoms with Gasteiger partial charge >= 0.3 is 5.97 Å². The van der Waals surface area contributed by atoms with Crippen molar-refractivity contribution in [2.75, 3.05) is 5.32 Å². The molecule has 0 amide bonds. The van der Waals surface area contributed by atoms with Gasteiger partial charge in [0.15, 0.2) is 0 Å². The van der Waals surface area contributed by atoms with E-state index in [4.69, 9.17) is 5.11 Å². The van der Waals surface area contributed by atoms with Crippen molar-refractivity contribution in [3.8, 4) is 0 Å². The molecule has 0 aliphatic rings. The van der Waals surface area contributed by atoms with Gasteiger partial charge in [-0.2, -0.15) is 5.10 Å². The Hall–Kier alpha value is -2.30. The number of carboxylic acids is 1. The highest BCUT2D eigenvalue weighted by Gasteiger charge is 2.07. The lowest BCUT2D eigenvalue weighted by atomic mass is 10.1. The van der Waals surface area contributed by atoms with E-state index >= 15 is 0 Å². The van der Waals surface area contributed by atoms with Gasteiger partial charge in [0.05, 0.1) is 17.8 Å². The molecule has 94 valence electrons. The summed E-state index contributed by atoms with van der Waals surface area (Å²) in [6.07, 6.45) is 1.75. The Morgan fingerprint density at radius 3 is 2.78 bits per heavy atom. The van der Waals surface area contributed by atoms with Crippen LogP contribution in [0.5, 0.6) is 0 Å². The Morgan fingerprint density at radius 1 is 1.44 bits per heavy atom. The zero-order valence-electron chi connectivity index (χ0n) is 10.3. The molecule has 0 unspecified atom stereocenters. The summed E-state index contributed by atoms with van der Waals surface area (Å²) in [6.45, 7) is 2.45. The summed E-state index contributed by atoms with van der Waals surface area (Å²) in [5, 5.41) is 16.3. The van der Waals surface area contributed by atoms with E-state index in [1.165, 1.54) is 0 Å². The van der Waals surface area contributed by atoms with Crippen molar-refractivity contribution in [1.82, 2.24) is 9.78 Å². The van der Waals surface area contributed by atoms with Crippen LogP contribution in [0.15, 0.2) is 30.5 Å². The number of aromatic carboxylic acids is 1. The zero-order valence-corrected chi connectivity index (χ0v) is 10.3. The second kappa shape index (κ2) is 4.91. The van der Waals surface area contributed by atoms with E-state index in [0.717, 1.165) is 16.9 Å². The van der Waals surface area contributed by atoms with Gasteiger partial charge in [0.25, 0.3) is 0 Å². The van der Waals surface area contributed by atoms with Crippen molar-refractivity contribution in [3.63, 3.8) is 0 Å². The highest BCUT2D eigenvalue weighted by molar-refractivity contribution is 5.89. The second-order valence-electron chi connectivity index (χ2n) is 4.13. The summed E-state index contributed by atoms with van der Waals surface area (Å²) in [5.41, 5.74) is 3.05. The minimum atomic E-state index is -0.898. The van der Waals surface area contributed by atoms with Crippen LogP contribution in [0.3, 0.4) is 0 Å². The number of carboxylic acid groups (broad SMARTS) is 1. The van der Waals surface area contributed by atoms with E-state index in [1.807, 2.05) is 19.2 Å². The highest BCUT2D eigenvalue weighted by Crippen LogP contribution is 2.16. The Kier molecular flexibility index (Phi) is 3.32. The number of hydrogen-bond acceptors (Lipinski definition) is 3. The highest BCUT2D eigenvalue weighted by atomic mass is 16.4. The summed E-state index contributed by atoms with van der Waals surface area (Å²) in [5.74, 6) is -0.898. The van der Waals surface area contributed by atoms with Crippen LogP contribution in [0.25, 0.3) is 0 Å². The Bertz CT molecular complexity index is 575. The molecule has 0 aliphatic heterocycles. The van der Waals surface area contributed by atoms with Crippen molar-refractivity contribution in [2.24, 2.45) is 7.05 Å². The number of nitrogens with zero attached hydrogens (tertiary/aromatic N) is 2. The van der Waals surface area contributed by atoms with E-state index in [9.17, 15) is 4.79 Å². The molecular formula is C13H15N3O2. The van der Waals surface area contributed by atoms with Gasteiger partial charge < -0.3 is 10.4 Å². The maximum absolute atomic E-state index is 10.9. The fourth-order valence-corrected chi connectivity index (χ4v) is 1.78. The van der Waals surface area contributed by atoms with Crippen molar-refractivity contribution >= 4 is 11.7 Å². The smallest absolute Gasteiger partial charge is 0.335 e. The summed E-state index contributed by atoms with van der Waals surface area (Å²) < 4.78 is 1.80. The third kappa shape index (κ3) is 2.51. The summed E-state index contributed by atoms with van der Waals surface area (Å²) >= 11 is 0. The maximum atomic E-state index is 10.9. The van der Waals surface area contributed by atoms with Crippen LogP contribution in [0.2, 0.25) is 0 Å². The van der Waals surface area contributed by atoms with E-state index in [1.54, 1.807) is 29.9 Å². The SMILES string of the molecule is Cc1cc(NCc2ccnn2C)ccc1C(=O)O. The lowest BCUT2D eigenvalue weighted by Gasteiger charge is -2.09. The number of anilines is 1. The Morgan fingerprint density at radius 2 is 2.22 bits per heavy atom. The molecule has 2 rings (SSSR count). The lowest BCUT2D eigenvalue weighted by Crippen LogP contribution is -2.06. The monoisotopic (exact) mass is 245 g/mol. The molecule has 0 atom stereocenters. The molecule has 1 aromatic heterocycles. The second-order valence-corrected chi connectivity index (χ2v) is 4.13. The molecule has 1 aromatic carbocycles. The first-order valence-corrected chi connectivity index (χ1v) is 5.62. The Balaban J connectivity index is 2.09. The topological polar surface area (TPSA) is 67.2 Å². The van der Waals surface area contributed by atoms with Gasteiger partial charge in [-0.15, -0.1) is 0 Å². The molecule has 5 heteroatoms. The molecule has 0 bridgehead atoms. The standard InChI is InChI=1S/C13H15N3O2/c1-9-7-10(3-4-12(9)13(17)18)14-8-11-5-6-15-16(11)2/h3-7,14H,8H2,1-2H3,(H,17,18). The van der Waals surface area contributed by atoms with Crippen LogP contribution < -0.4 is 5.32 Å². The predicted octanol–water partition coefficient (Wildman–Crippen LogP) is 2.04. The number of benzene rings is 1. The molecule has 2 aromatic rings. The third-order valence-corrected chi connectivity index (χ3v) is 2.85. The van der Waals surface area contributed by atoms with Gasteiger partial charge in [0.2, 0.25) is 0 Å². The molecule has 0 spiro atoms. The van der Waals surface area contributed by atoms with Crippen LogP contribution in [0.4, 0.5) is 5.69 Å². The van der Waals surface area contributed by atoms with Crippen LogP contribution in [0, 0.1) is 6.92 Å². The average Bonchev–Trinajstić information content (AvgIpc) is 2.72. The molecule has 0 aliphatic carbocycles. The number of aryl methyl sites for hydroxylation is 2. The minimum Gasteiger partial charge on any atom is -0.478 e. The quantitative estimate of drug-likeness (QED) is 0.865. The lowest BCUT2D eigenvalue weighted by molar-refractivity contribution is 0.0696. The minimum absolute atomic E-state index is 0.334. The van der Waals surface area contributed by atoms with Gasteiger partial charge in [-0.1, -0.05) is 0 Å². The fraction of sp³-hybridized carbons (Fsp3) is 0.231. The first-order chi connectivity index (χ1) is 8.58. The molecular weight excluding hydrogens is 230 g/mol. The number of rotatable bonds is 4. The largest absolute Gasteiger partial charge is 0.478 e. The number of carbonyl (C=O) groups is 1. The molecule has 0 saturated heterocycles. The summed E-state index contributed by atoms with van der Waals surface area (Å²) in [4.78, 5) is 10.9. The van der Waals surface area contributed by atoms with E-state index in [0.29, 0.717) is 12.1 Å². The molecule has 0 radical (unpaired) electrons. The van der Waals surface area contributed by atoms with Gasteiger partial charge in [0.1, 0.15) is 0 Å². The van der Waals surface area contributed by atoms with Gasteiger partial charge in [-0.05, 0) is 36.8 Å². The van der Waals surface area contributed by atoms with Crippen LogP contribution in [0.1, 0.15) is 21.6 Å². The summed E-state index contributed by atoms with van der Waals surface area (Å²) in [7, 11) is 1.88. The molecule has 0 fully saturated rings. The van der Waals surface area contributed by atoms with Crippen molar-refractivity contribution < 1.29 is 9.90 Å². The van der Waals surface area contributed by atoms with Gasteiger partial charge in [-0.3, -0.25) is 4.68 Å². The van der Waals surface area contributed by atoms with Crippen molar-refractivity contribution in [3.05, 3.63) is 47.3 Å². The number of aromatic nitrogens is 2. The molecule has 2 N–H and O–H groups in total.